The standard InChI is InChI=1S/C18H19FN2O3/c19-13-5-3-10(4-6-13)16-8-15(21-24-16)18(23)20-17-12-2-1-11(7-12)14(17)9-22/h3-6,8,11-12,14,17,22H,1-2,7,9H2,(H,20,23). The third-order valence-corrected chi connectivity index (χ3v) is 5.47. The van der Waals surface area contributed by atoms with Crippen LogP contribution in [0.4, 0.5) is 4.39 Å². The normalized spacial score (nSPS) is 28.2. The summed E-state index contributed by atoms with van der Waals surface area (Å²) in [5.74, 6) is 0.894. The summed E-state index contributed by atoms with van der Waals surface area (Å²) in [4.78, 5) is 12.5. The number of nitrogens with zero attached hydrogens (tertiary/aromatic N) is 1. The maximum absolute atomic E-state index is 13.0. The molecule has 0 spiro atoms. The summed E-state index contributed by atoms with van der Waals surface area (Å²) < 4.78 is 18.2. The summed E-state index contributed by atoms with van der Waals surface area (Å²) in [5, 5.41) is 16.4. The predicted molar refractivity (Wildman–Crippen MR) is 84.6 cm³/mol. The van der Waals surface area contributed by atoms with Gasteiger partial charge < -0.3 is 14.9 Å². The number of carbonyl (C=O) groups is 1. The topological polar surface area (TPSA) is 75.4 Å². The van der Waals surface area contributed by atoms with E-state index in [0.717, 1.165) is 19.3 Å². The molecule has 4 atom stereocenters. The number of aliphatic hydroxyl groups excluding tert-OH is 1. The molecular formula is C18H19FN2O3. The molecule has 1 heterocycles. The molecule has 1 aromatic carbocycles. The Morgan fingerprint density at radius 3 is 2.79 bits per heavy atom. The Bertz CT molecular complexity index is 743. The zero-order valence-corrected chi connectivity index (χ0v) is 13.1. The van der Waals surface area contributed by atoms with Gasteiger partial charge in [0.25, 0.3) is 5.91 Å². The van der Waals surface area contributed by atoms with E-state index in [1.54, 1.807) is 18.2 Å². The van der Waals surface area contributed by atoms with Crippen LogP contribution in [0.1, 0.15) is 29.8 Å². The van der Waals surface area contributed by atoms with Crippen LogP contribution in [0.3, 0.4) is 0 Å². The summed E-state index contributed by atoms with van der Waals surface area (Å²) in [6.45, 7) is 0.103. The summed E-state index contributed by atoms with van der Waals surface area (Å²) in [5.41, 5.74) is 0.866. The molecule has 4 rings (SSSR count). The van der Waals surface area contributed by atoms with Crippen LogP contribution in [0.15, 0.2) is 34.9 Å². The number of halogens is 1. The van der Waals surface area contributed by atoms with Gasteiger partial charge in [0.2, 0.25) is 0 Å². The second-order valence-electron chi connectivity index (χ2n) is 6.76. The molecule has 2 saturated carbocycles. The van der Waals surface area contributed by atoms with Gasteiger partial charge in [-0.05, 0) is 55.4 Å². The number of aromatic nitrogens is 1. The molecule has 5 nitrogen and oxygen atoms in total. The molecule has 2 fully saturated rings. The van der Waals surface area contributed by atoms with Gasteiger partial charge in [-0.1, -0.05) is 5.16 Å². The minimum Gasteiger partial charge on any atom is -0.396 e. The van der Waals surface area contributed by atoms with Gasteiger partial charge in [0.15, 0.2) is 11.5 Å². The van der Waals surface area contributed by atoms with Gasteiger partial charge in [0.1, 0.15) is 5.82 Å². The van der Waals surface area contributed by atoms with E-state index in [1.165, 1.54) is 12.1 Å². The molecule has 2 aromatic rings. The Morgan fingerprint density at radius 1 is 1.29 bits per heavy atom. The molecule has 4 unspecified atom stereocenters. The first-order valence-corrected chi connectivity index (χ1v) is 8.30. The number of hydrogen-bond donors (Lipinski definition) is 2. The van der Waals surface area contributed by atoms with E-state index in [2.05, 4.69) is 10.5 Å². The zero-order valence-electron chi connectivity index (χ0n) is 13.1. The Kier molecular flexibility index (Phi) is 3.84. The fourth-order valence-corrected chi connectivity index (χ4v) is 4.26. The van der Waals surface area contributed by atoms with E-state index in [9.17, 15) is 14.3 Å². The van der Waals surface area contributed by atoms with E-state index in [-0.39, 0.29) is 36.0 Å². The van der Waals surface area contributed by atoms with Crippen molar-refractivity contribution in [2.75, 3.05) is 6.61 Å². The highest BCUT2D eigenvalue weighted by molar-refractivity contribution is 5.93. The van der Waals surface area contributed by atoms with Crippen molar-refractivity contribution in [1.29, 1.82) is 0 Å². The molecule has 2 aliphatic carbocycles. The first-order chi connectivity index (χ1) is 11.7. The average molecular weight is 330 g/mol. The molecule has 0 radical (unpaired) electrons. The zero-order chi connectivity index (χ0) is 16.7. The van der Waals surface area contributed by atoms with Crippen molar-refractivity contribution < 1.29 is 18.8 Å². The fraction of sp³-hybridized carbons (Fsp3) is 0.444. The number of carbonyl (C=O) groups excluding carboxylic acids is 1. The number of amides is 1. The third-order valence-electron chi connectivity index (χ3n) is 5.47. The van der Waals surface area contributed by atoms with Gasteiger partial charge >= 0.3 is 0 Å². The van der Waals surface area contributed by atoms with E-state index >= 15 is 0 Å². The third kappa shape index (κ3) is 2.60. The van der Waals surface area contributed by atoms with E-state index in [4.69, 9.17) is 4.52 Å². The Labute approximate surface area is 138 Å². The van der Waals surface area contributed by atoms with Crippen LogP contribution in [0, 0.1) is 23.6 Å². The molecule has 2 aliphatic rings. The highest BCUT2D eigenvalue weighted by Gasteiger charge is 2.47. The Hall–Kier alpha value is -2.21. The van der Waals surface area contributed by atoms with E-state index in [0.29, 0.717) is 23.2 Å². The molecule has 24 heavy (non-hydrogen) atoms. The lowest BCUT2D eigenvalue weighted by Gasteiger charge is -2.30. The quantitative estimate of drug-likeness (QED) is 0.903. The van der Waals surface area contributed by atoms with Crippen LogP contribution in [0.25, 0.3) is 11.3 Å². The number of fused-ring (bicyclic) bond motifs is 2. The Morgan fingerprint density at radius 2 is 2.04 bits per heavy atom. The van der Waals surface area contributed by atoms with Crippen LogP contribution >= 0.6 is 0 Å². The SMILES string of the molecule is O=C(NC1C2CCC(C2)C1CO)c1cc(-c2ccc(F)cc2)on1. The number of hydrogen-bond acceptors (Lipinski definition) is 4. The molecular weight excluding hydrogens is 311 g/mol. The molecule has 2 bridgehead atoms. The first-order valence-electron chi connectivity index (χ1n) is 8.30. The van der Waals surface area contributed by atoms with Crippen molar-refractivity contribution in [3.8, 4) is 11.3 Å². The van der Waals surface area contributed by atoms with Crippen molar-refractivity contribution >= 4 is 5.91 Å². The molecule has 0 saturated heterocycles. The van der Waals surface area contributed by atoms with Gasteiger partial charge in [0.05, 0.1) is 0 Å². The largest absolute Gasteiger partial charge is 0.396 e. The van der Waals surface area contributed by atoms with E-state index in [1.807, 2.05) is 0 Å². The maximum Gasteiger partial charge on any atom is 0.273 e. The molecule has 6 heteroatoms. The monoisotopic (exact) mass is 330 g/mol. The van der Waals surface area contributed by atoms with E-state index < -0.39 is 0 Å². The molecule has 2 N–H and O–H groups in total. The van der Waals surface area contributed by atoms with Gasteiger partial charge in [-0.25, -0.2) is 4.39 Å². The fourth-order valence-electron chi connectivity index (χ4n) is 4.26. The Balaban J connectivity index is 1.48. The van der Waals surface area contributed by atoms with Gasteiger partial charge in [-0.15, -0.1) is 0 Å². The van der Waals surface area contributed by atoms with Gasteiger partial charge in [-0.3, -0.25) is 4.79 Å². The van der Waals surface area contributed by atoms with Crippen molar-refractivity contribution in [2.45, 2.75) is 25.3 Å². The lowest BCUT2D eigenvalue weighted by atomic mass is 9.85. The van der Waals surface area contributed by atoms with Crippen molar-refractivity contribution in [3.05, 3.63) is 41.8 Å². The van der Waals surface area contributed by atoms with Gasteiger partial charge in [-0.2, -0.15) is 0 Å². The van der Waals surface area contributed by atoms with Crippen molar-refractivity contribution in [2.24, 2.45) is 17.8 Å². The van der Waals surface area contributed by atoms with Crippen LogP contribution in [0.2, 0.25) is 0 Å². The van der Waals surface area contributed by atoms with Crippen LogP contribution in [0.5, 0.6) is 0 Å². The van der Waals surface area contributed by atoms with Crippen molar-refractivity contribution in [1.82, 2.24) is 10.5 Å². The van der Waals surface area contributed by atoms with Crippen LogP contribution in [-0.4, -0.2) is 28.8 Å². The lowest BCUT2D eigenvalue weighted by molar-refractivity contribution is 0.0853. The number of nitrogens with one attached hydrogen (secondary N) is 1. The summed E-state index contributed by atoms with van der Waals surface area (Å²) in [6.07, 6.45) is 3.32. The van der Waals surface area contributed by atoms with Crippen molar-refractivity contribution in [3.63, 3.8) is 0 Å². The highest BCUT2D eigenvalue weighted by Crippen LogP contribution is 2.48. The second kappa shape index (κ2) is 6.02. The minimum absolute atomic E-state index is 0.00669. The first kappa shape index (κ1) is 15.3. The summed E-state index contributed by atoms with van der Waals surface area (Å²) in [7, 11) is 0. The molecule has 0 aliphatic heterocycles. The molecule has 1 aromatic heterocycles. The smallest absolute Gasteiger partial charge is 0.273 e. The number of benzene rings is 1. The second-order valence-corrected chi connectivity index (χ2v) is 6.76. The van der Waals surface area contributed by atoms with Gasteiger partial charge in [0, 0.05) is 30.2 Å². The summed E-state index contributed by atoms with van der Waals surface area (Å²) in [6, 6.07) is 7.39. The maximum atomic E-state index is 13.0. The van der Waals surface area contributed by atoms with Crippen LogP contribution < -0.4 is 5.32 Å². The highest BCUT2D eigenvalue weighted by atomic mass is 19.1. The lowest BCUT2D eigenvalue weighted by Crippen LogP contribution is -2.45. The molecule has 126 valence electrons. The average Bonchev–Trinajstić information content (AvgIpc) is 3.31. The van der Waals surface area contributed by atoms with Crippen LogP contribution in [-0.2, 0) is 0 Å². The predicted octanol–water partition coefficient (Wildman–Crippen LogP) is 2.62. The summed E-state index contributed by atoms with van der Waals surface area (Å²) >= 11 is 0. The number of rotatable bonds is 4. The minimum atomic E-state index is -0.331. The number of aliphatic hydroxyl groups is 1. The molecule has 1 amide bonds.